The van der Waals surface area contributed by atoms with Gasteiger partial charge in [-0.1, -0.05) is 12.8 Å². The predicted octanol–water partition coefficient (Wildman–Crippen LogP) is 5.54. The topological polar surface area (TPSA) is 92.0 Å². The maximum Gasteiger partial charge on any atom is 0.182 e. The number of nitrogens with zero attached hydrogens (tertiary/aromatic N) is 4. The van der Waals surface area contributed by atoms with Crippen LogP contribution in [-0.2, 0) is 0 Å². The summed E-state index contributed by atoms with van der Waals surface area (Å²) in [5.74, 6) is 5.14. The lowest BCUT2D eigenvalue weighted by Crippen LogP contribution is -2.08. The Morgan fingerprint density at radius 3 is 2.11 bits per heavy atom. The zero-order chi connectivity index (χ0) is 25.2. The molecule has 36 heavy (non-hydrogen) atoms. The van der Waals surface area contributed by atoms with Gasteiger partial charge in [0.25, 0.3) is 0 Å². The van der Waals surface area contributed by atoms with Crippen LogP contribution in [0, 0.1) is 6.92 Å². The van der Waals surface area contributed by atoms with Crippen molar-refractivity contribution in [3.63, 3.8) is 0 Å². The molecule has 5 rings (SSSR count). The van der Waals surface area contributed by atoms with E-state index in [2.05, 4.69) is 5.32 Å². The van der Waals surface area contributed by atoms with E-state index in [0.29, 0.717) is 40.6 Å². The number of ether oxygens (including phenoxy) is 4. The van der Waals surface area contributed by atoms with Crippen molar-refractivity contribution in [1.82, 2.24) is 19.6 Å². The summed E-state index contributed by atoms with van der Waals surface area (Å²) in [5, 5.41) is 8.44. The molecule has 9 heteroatoms. The molecule has 9 nitrogen and oxygen atoms in total. The number of imidazole rings is 1. The van der Waals surface area contributed by atoms with Crippen LogP contribution in [-0.4, -0.2) is 48.0 Å². The minimum atomic E-state index is 0.383. The zero-order valence-corrected chi connectivity index (χ0v) is 21.3. The van der Waals surface area contributed by atoms with Gasteiger partial charge in [-0.3, -0.25) is 0 Å². The van der Waals surface area contributed by atoms with Gasteiger partial charge in [-0.25, -0.2) is 14.5 Å². The van der Waals surface area contributed by atoms with E-state index in [1.807, 2.05) is 47.8 Å². The fourth-order valence-electron chi connectivity index (χ4n) is 4.87. The molecular formula is C27H31N5O4. The first-order valence-corrected chi connectivity index (χ1v) is 12.0. The smallest absolute Gasteiger partial charge is 0.182 e. The van der Waals surface area contributed by atoms with Gasteiger partial charge < -0.3 is 24.3 Å². The van der Waals surface area contributed by atoms with Crippen LogP contribution in [0.25, 0.3) is 16.9 Å². The number of hydrogen-bond donors (Lipinski definition) is 1. The third-order valence-corrected chi connectivity index (χ3v) is 6.70. The molecule has 0 spiro atoms. The highest BCUT2D eigenvalue weighted by Crippen LogP contribution is 2.38. The summed E-state index contributed by atoms with van der Waals surface area (Å²) in [5.41, 5.74) is 3.37. The molecule has 188 valence electrons. The zero-order valence-electron chi connectivity index (χ0n) is 21.3. The highest BCUT2D eigenvalue weighted by molar-refractivity contribution is 5.78. The Bertz CT molecular complexity index is 1390. The van der Waals surface area contributed by atoms with Crippen LogP contribution in [0.15, 0.2) is 36.4 Å². The molecule has 1 aliphatic rings. The number of aromatic nitrogens is 4. The Hall–Kier alpha value is -4.01. The molecule has 0 saturated heterocycles. The maximum absolute atomic E-state index is 5.53. The molecule has 1 N–H and O–H groups in total. The summed E-state index contributed by atoms with van der Waals surface area (Å²) < 4.78 is 23.8. The fourth-order valence-corrected chi connectivity index (χ4v) is 4.87. The van der Waals surface area contributed by atoms with E-state index in [0.717, 1.165) is 41.1 Å². The normalized spacial score (nSPS) is 13.7. The monoisotopic (exact) mass is 489 g/mol. The van der Waals surface area contributed by atoms with E-state index in [1.54, 1.807) is 28.4 Å². The van der Waals surface area contributed by atoms with E-state index in [9.17, 15) is 0 Å². The van der Waals surface area contributed by atoms with Crippen LogP contribution in [0.4, 0.5) is 11.5 Å². The van der Waals surface area contributed by atoms with Gasteiger partial charge in [0, 0.05) is 23.2 Å². The molecule has 2 heterocycles. The summed E-state index contributed by atoms with van der Waals surface area (Å²) in [4.78, 5) is 9.91. The summed E-state index contributed by atoms with van der Waals surface area (Å²) >= 11 is 0. The molecule has 0 unspecified atom stereocenters. The standard InChI is InChI=1S/C27H31N5O4/c1-16-24-26(29-19-11-13-21(34-3)23(15-19)36-5)30-25(18-10-12-20(33-2)22(14-18)35-4)31-32(24)27(28-16)17-8-6-7-9-17/h10-15,17H,6-9H2,1-5H3,(H,29,30,31). The lowest BCUT2D eigenvalue weighted by atomic mass is 10.1. The number of fused-ring (bicyclic) bond motifs is 1. The van der Waals surface area contributed by atoms with E-state index in [4.69, 9.17) is 34.0 Å². The quantitative estimate of drug-likeness (QED) is 0.345. The van der Waals surface area contributed by atoms with Crippen molar-refractivity contribution in [2.45, 2.75) is 38.5 Å². The van der Waals surface area contributed by atoms with Crippen molar-refractivity contribution < 1.29 is 18.9 Å². The minimum absolute atomic E-state index is 0.383. The third kappa shape index (κ3) is 4.25. The Labute approximate surface area is 210 Å². The van der Waals surface area contributed by atoms with E-state index in [1.165, 1.54) is 12.8 Å². The van der Waals surface area contributed by atoms with Crippen molar-refractivity contribution in [3.8, 4) is 34.4 Å². The number of hydrogen-bond acceptors (Lipinski definition) is 8. The molecule has 0 atom stereocenters. The van der Waals surface area contributed by atoms with Crippen LogP contribution in [0.3, 0.4) is 0 Å². The van der Waals surface area contributed by atoms with Gasteiger partial charge in [-0.15, -0.1) is 5.10 Å². The highest BCUT2D eigenvalue weighted by atomic mass is 16.5. The van der Waals surface area contributed by atoms with E-state index < -0.39 is 0 Å². The molecule has 4 aromatic rings. The molecule has 1 fully saturated rings. The number of methoxy groups -OCH3 is 4. The number of rotatable bonds is 8. The van der Waals surface area contributed by atoms with Crippen molar-refractivity contribution in [2.75, 3.05) is 33.8 Å². The average molecular weight is 490 g/mol. The van der Waals surface area contributed by atoms with Crippen LogP contribution in [0.2, 0.25) is 0 Å². The Balaban J connectivity index is 1.68. The number of aryl methyl sites for hydroxylation is 1. The molecule has 2 aromatic carbocycles. The molecule has 0 bridgehead atoms. The van der Waals surface area contributed by atoms with Crippen molar-refractivity contribution in [2.24, 2.45) is 0 Å². The summed E-state index contributed by atoms with van der Waals surface area (Å²) in [6.45, 7) is 2.01. The van der Waals surface area contributed by atoms with Crippen LogP contribution >= 0.6 is 0 Å². The summed E-state index contributed by atoms with van der Waals surface area (Å²) in [7, 11) is 6.48. The Morgan fingerprint density at radius 2 is 1.44 bits per heavy atom. The van der Waals surface area contributed by atoms with Crippen molar-refractivity contribution in [1.29, 1.82) is 0 Å². The number of nitrogens with one attached hydrogen (secondary N) is 1. The summed E-state index contributed by atoms with van der Waals surface area (Å²) in [6.07, 6.45) is 4.66. The molecule has 0 amide bonds. The van der Waals surface area contributed by atoms with Crippen LogP contribution in [0.5, 0.6) is 23.0 Å². The molecule has 1 saturated carbocycles. The fraction of sp³-hybridized carbons (Fsp3) is 0.370. The minimum Gasteiger partial charge on any atom is -0.493 e. The van der Waals surface area contributed by atoms with Gasteiger partial charge in [0.2, 0.25) is 0 Å². The second-order valence-electron chi connectivity index (χ2n) is 8.85. The van der Waals surface area contributed by atoms with E-state index in [-0.39, 0.29) is 0 Å². The second-order valence-corrected chi connectivity index (χ2v) is 8.85. The SMILES string of the molecule is COc1ccc(Nc2nc(-c3ccc(OC)c(OC)c3)nn3c(C4CCCC4)nc(C)c23)cc1OC. The van der Waals surface area contributed by atoms with Gasteiger partial charge in [0.15, 0.2) is 34.6 Å². The van der Waals surface area contributed by atoms with Gasteiger partial charge in [0.1, 0.15) is 11.3 Å². The molecular weight excluding hydrogens is 458 g/mol. The molecule has 2 aromatic heterocycles. The largest absolute Gasteiger partial charge is 0.493 e. The maximum atomic E-state index is 5.53. The van der Waals surface area contributed by atoms with Gasteiger partial charge in [-0.2, -0.15) is 0 Å². The van der Waals surface area contributed by atoms with Crippen LogP contribution in [0.1, 0.15) is 43.1 Å². The average Bonchev–Trinajstić information content (AvgIpc) is 3.56. The van der Waals surface area contributed by atoms with Gasteiger partial charge in [0.05, 0.1) is 34.1 Å². The van der Waals surface area contributed by atoms with Gasteiger partial charge in [-0.05, 0) is 50.1 Å². The number of benzene rings is 2. The molecule has 0 aliphatic heterocycles. The predicted molar refractivity (Wildman–Crippen MR) is 138 cm³/mol. The summed E-state index contributed by atoms with van der Waals surface area (Å²) in [6, 6.07) is 11.4. The van der Waals surface area contributed by atoms with E-state index >= 15 is 0 Å². The highest BCUT2D eigenvalue weighted by Gasteiger charge is 2.26. The van der Waals surface area contributed by atoms with Crippen molar-refractivity contribution >= 4 is 17.0 Å². The van der Waals surface area contributed by atoms with Crippen LogP contribution < -0.4 is 24.3 Å². The van der Waals surface area contributed by atoms with Gasteiger partial charge >= 0.3 is 0 Å². The first-order chi connectivity index (χ1) is 17.6. The van der Waals surface area contributed by atoms with Crippen molar-refractivity contribution in [3.05, 3.63) is 47.9 Å². The first-order valence-electron chi connectivity index (χ1n) is 12.0. The lowest BCUT2D eigenvalue weighted by molar-refractivity contribution is 0.355. The Morgan fingerprint density at radius 1 is 0.806 bits per heavy atom. The molecule has 1 aliphatic carbocycles. The number of anilines is 2. The third-order valence-electron chi connectivity index (χ3n) is 6.70. The lowest BCUT2D eigenvalue weighted by Gasteiger charge is -2.14. The first kappa shape index (κ1) is 23.7. The second kappa shape index (κ2) is 9.93. The Kier molecular flexibility index (Phi) is 6.54. The molecule has 0 radical (unpaired) electrons.